The maximum atomic E-state index is 12.8. The highest BCUT2D eigenvalue weighted by Gasteiger charge is 2.05. The lowest BCUT2D eigenvalue weighted by atomic mass is 10.1. The molecule has 184 valence electrons. The highest BCUT2D eigenvalue weighted by molar-refractivity contribution is 5.65. The summed E-state index contributed by atoms with van der Waals surface area (Å²) in [5.74, 6) is 4.24. The van der Waals surface area contributed by atoms with Crippen LogP contribution in [-0.4, -0.2) is 0 Å². The van der Waals surface area contributed by atoms with E-state index in [0.717, 1.165) is 34.3 Å². The maximum absolute atomic E-state index is 12.8. The quantitative estimate of drug-likeness (QED) is 0.232. The minimum Gasteiger partial charge on any atom is -0.754 e. The van der Waals surface area contributed by atoms with Crippen molar-refractivity contribution in [3.05, 3.63) is 144 Å². The van der Waals surface area contributed by atoms with E-state index in [1.807, 2.05) is 73.7 Å². The number of aryl methyl sites for hydroxylation is 1. The molecule has 0 heterocycles. The van der Waals surface area contributed by atoms with Crippen LogP contribution in [0.5, 0.6) is 28.7 Å². The van der Waals surface area contributed by atoms with Crippen LogP contribution in [0.2, 0.25) is 0 Å². The highest BCUT2D eigenvalue weighted by Crippen LogP contribution is 2.31. The van der Waals surface area contributed by atoms with Gasteiger partial charge in [0.2, 0.25) is 0 Å². The molecule has 0 atom stereocenters. The molecule has 0 radical (unpaired) electrons. The van der Waals surface area contributed by atoms with Gasteiger partial charge in [0.25, 0.3) is 0 Å². The lowest BCUT2D eigenvalue weighted by Crippen LogP contribution is -2.06. The molecule has 1 aliphatic carbocycles. The van der Waals surface area contributed by atoms with Gasteiger partial charge in [-0.1, -0.05) is 35.9 Å². The summed E-state index contributed by atoms with van der Waals surface area (Å²) in [6.45, 7) is 5.95. The summed E-state index contributed by atoms with van der Waals surface area (Å²) in [7, 11) is 0. The van der Waals surface area contributed by atoms with E-state index in [9.17, 15) is 5.21 Å². The van der Waals surface area contributed by atoms with Gasteiger partial charge in [-0.3, -0.25) is 0 Å². The summed E-state index contributed by atoms with van der Waals surface area (Å²) >= 11 is 0. The van der Waals surface area contributed by atoms with Crippen LogP contribution in [0.3, 0.4) is 0 Å². The molecule has 1 aliphatic rings. The molecule has 0 aromatic heterocycles. The smallest absolute Gasteiger partial charge is 0.127 e. The van der Waals surface area contributed by atoms with Crippen molar-refractivity contribution < 1.29 is 14.2 Å². The lowest BCUT2D eigenvalue weighted by Gasteiger charge is -2.31. The molecule has 0 aliphatic heterocycles. The molecular weight excluding hydrogens is 462 g/mol. The van der Waals surface area contributed by atoms with Gasteiger partial charge >= 0.3 is 0 Å². The van der Waals surface area contributed by atoms with Crippen LogP contribution in [-0.2, 0) is 0 Å². The second-order valence-corrected chi connectivity index (χ2v) is 8.68. The fourth-order valence-electron chi connectivity index (χ4n) is 3.68. The fourth-order valence-corrected chi connectivity index (χ4v) is 3.68. The monoisotopic (exact) mass is 488 g/mol. The molecule has 0 saturated carbocycles. The number of anilines is 2. The maximum Gasteiger partial charge on any atom is 0.127 e. The summed E-state index contributed by atoms with van der Waals surface area (Å²) in [6.07, 6.45) is 6.65. The molecular formula is C32H26NO4-. The third-order valence-corrected chi connectivity index (χ3v) is 5.74. The number of nitrogens with zero attached hydrogens (tertiary/aromatic N) is 1. The van der Waals surface area contributed by atoms with Crippen molar-refractivity contribution in [3.63, 3.8) is 0 Å². The minimum atomic E-state index is 0.500. The Bertz CT molecular complexity index is 1420. The van der Waals surface area contributed by atoms with Gasteiger partial charge in [0.15, 0.2) is 0 Å². The predicted octanol–water partition coefficient (Wildman–Crippen LogP) is 8.99. The minimum absolute atomic E-state index is 0.500. The van der Waals surface area contributed by atoms with Gasteiger partial charge in [-0.25, -0.2) is 0 Å². The molecule has 0 fully saturated rings. The molecule has 0 unspecified atom stereocenters. The molecule has 37 heavy (non-hydrogen) atoms. The first kappa shape index (κ1) is 24.0. The third kappa shape index (κ3) is 6.28. The first-order valence-electron chi connectivity index (χ1n) is 12.0. The first-order valence-corrected chi connectivity index (χ1v) is 12.0. The van der Waals surface area contributed by atoms with E-state index in [1.54, 1.807) is 48.5 Å². The second kappa shape index (κ2) is 10.9. The van der Waals surface area contributed by atoms with Crippen LogP contribution in [0.1, 0.15) is 12.0 Å². The zero-order chi connectivity index (χ0) is 25.6. The summed E-state index contributed by atoms with van der Waals surface area (Å²) < 4.78 is 17.6. The van der Waals surface area contributed by atoms with Crippen LogP contribution in [0.4, 0.5) is 11.4 Å². The van der Waals surface area contributed by atoms with Crippen molar-refractivity contribution in [2.45, 2.75) is 13.3 Å². The topological polar surface area (TPSA) is 54.0 Å². The predicted molar refractivity (Wildman–Crippen MR) is 148 cm³/mol. The Morgan fingerprint density at radius 1 is 0.595 bits per heavy atom. The molecule has 5 nitrogen and oxygen atoms in total. The van der Waals surface area contributed by atoms with E-state index in [0.29, 0.717) is 28.6 Å². The Morgan fingerprint density at radius 3 is 1.43 bits per heavy atom. The van der Waals surface area contributed by atoms with Crippen LogP contribution in [0.15, 0.2) is 133 Å². The van der Waals surface area contributed by atoms with Gasteiger partial charge in [-0.2, -0.15) is 0 Å². The van der Waals surface area contributed by atoms with E-state index in [2.05, 4.69) is 6.58 Å². The molecule has 5 rings (SSSR count). The molecule has 5 heteroatoms. The molecule has 0 spiro atoms. The molecule has 4 aromatic rings. The average molecular weight is 489 g/mol. The summed E-state index contributed by atoms with van der Waals surface area (Å²) in [6, 6.07) is 29.2. The van der Waals surface area contributed by atoms with Crippen LogP contribution in [0.25, 0.3) is 0 Å². The van der Waals surface area contributed by atoms with Crippen molar-refractivity contribution >= 4 is 11.4 Å². The zero-order valence-corrected chi connectivity index (χ0v) is 20.5. The number of ether oxygens (including phenoxy) is 3. The summed E-state index contributed by atoms with van der Waals surface area (Å²) in [5, 5.41) is 13.7. The average Bonchev–Trinajstić information content (AvgIpc) is 2.93. The van der Waals surface area contributed by atoms with E-state index >= 15 is 0 Å². The number of hydrogen-bond acceptors (Lipinski definition) is 5. The van der Waals surface area contributed by atoms with Gasteiger partial charge in [0.05, 0.1) is 0 Å². The molecule has 0 N–H and O–H groups in total. The Balaban J connectivity index is 1.17. The number of allylic oxidation sites excluding steroid dienone is 4. The van der Waals surface area contributed by atoms with Gasteiger partial charge in [-0.15, -0.1) is 0 Å². The Morgan fingerprint density at radius 2 is 1.00 bits per heavy atom. The standard InChI is InChI=1S/C32H26NO4/c1-23-3-11-27(12-4-23)35-29-15-7-25(8-16-29)33(34)26-9-17-30(18-10-26)37-32-21-19-31(20-22-32)36-28-13-5-24(2)6-14-28/h3-5,7-22H,2,6H2,1H3/q-1. The van der Waals surface area contributed by atoms with Crippen LogP contribution in [0, 0.1) is 12.1 Å². The summed E-state index contributed by atoms with van der Waals surface area (Å²) in [4.78, 5) is 0. The van der Waals surface area contributed by atoms with E-state index < -0.39 is 0 Å². The lowest BCUT2D eigenvalue weighted by molar-refractivity contribution is 0.437. The third-order valence-electron chi connectivity index (χ3n) is 5.74. The second-order valence-electron chi connectivity index (χ2n) is 8.68. The number of benzene rings is 4. The molecule has 0 bridgehead atoms. The first-order chi connectivity index (χ1) is 18.0. The van der Waals surface area contributed by atoms with Crippen LogP contribution < -0.4 is 19.3 Å². The Labute approximate surface area is 216 Å². The van der Waals surface area contributed by atoms with Crippen molar-refractivity contribution in [2.75, 3.05) is 5.06 Å². The summed E-state index contributed by atoms with van der Waals surface area (Å²) in [5.41, 5.74) is 3.23. The van der Waals surface area contributed by atoms with Crippen molar-refractivity contribution in [1.82, 2.24) is 0 Å². The number of hydrogen-bond donors (Lipinski definition) is 0. The highest BCUT2D eigenvalue weighted by atomic mass is 16.5. The van der Waals surface area contributed by atoms with E-state index in [4.69, 9.17) is 14.2 Å². The largest absolute Gasteiger partial charge is 0.754 e. The van der Waals surface area contributed by atoms with E-state index in [1.165, 1.54) is 5.56 Å². The van der Waals surface area contributed by atoms with Gasteiger partial charge in [-0.05, 0) is 110 Å². The Kier molecular flexibility index (Phi) is 7.06. The van der Waals surface area contributed by atoms with Gasteiger partial charge in [0.1, 0.15) is 34.5 Å². The van der Waals surface area contributed by atoms with Gasteiger partial charge < -0.3 is 24.5 Å². The normalized spacial score (nSPS) is 12.6. The van der Waals surface area contributed by atoms with E-state index in [-0.39, 0.29) is 0 Å². The fraction of sp³-hybridized carbons (Fsp3) is 0.0625. The van der Waals surface area contributed by atoms with Crippen molar-refractivity contribution in [1.29, 1.82) is 0 Å². The molecule has 0 amide bonds. The van der Waals surface area contributed by atoms with Crippen molar-refractivity contribution in [3.8, 4) is 28.7 Å². The van der Waals surface area contributed by atoms with Crippen LogP contribution >= 0.6 is 0 Å². The van der Waals surface area contributed by atoms with Gasteiger partial charge in [0, 0.05) is 11.4 Å². The number of rotatable bonds is 8. The Hall–Kier alpha value is -4.74. The SMILES string of the molecule is C=C1C=CC(Oc2ccc(Oc3ccc(N([O-])c4ccc(Oc5ccc(C)cc5)cc4)cc3)cc2)=CC1. The molecule has 4 aromatic carbocycles. The zero-order valence-electron chi connectivity index (χ0n) is 20.5. The van der Waals surface area contributed by atoms with Crippen molar-refractivity contribution in [2.24, 2.45) is 0 Å². The molecule has 0 saturated heterocycles.